The van der Waals surface area contributed by atoms with Crippen LogP contribution >= 0.6 is 0 Å². The standard InChI is InChI=1S/C15H23N3/c1-11(12-5-7-17-8-6-12)18-9-13-3-2-4-15(16)14(13)10-18/h5-8,11,13-15H,2-4,9-10,16H2,1H3. The van der Waals surface area contributed by atoms with E-state index in [1.165, 1.54) is 37.9 Å². The van der Waals surface area contributed by atoms with Gasteiger partial charge < -0.3 is 5.73 Å². The zero-order valence-electron chi connectivity index (χ0n) is 11.1. The topological polar surface area (TPSA) is 42.2 Å². The lowest BCUT2D eigenvalue weighted by Crippen LogP contribution is -2.38. The molecule has 0 aromatic carbocycles. The molecule has 0 spiro atoms. The van der Waals surface area contributed by atoms with E-state index < -0.39 is 0 Å². The molecule has 1 aromatic rings. The summed E-state index contributed by atoms with van der Waals surface area (Å²) in [6.45, 7) is 4.70. The second-order valence-electron chi connectivity index (χ2n) is 5.93. The fourth-order valence-electron chi connectivity index (χ4n) is 3.72. The molecule has 0 radical (unpaired) electrons. The quantitative estimate of drug-likeness (QED) is 0.868. The van der Waals surface area contributed by atoms with Gasteiger partial charge in [0.15, 0.2) is 0 Å². The van der Waals surface area contributed by atoms with Gasteiger partial charge in [-0.3, -0.25) is 9.88 Å². The third kappa shape index (κ3) is 2.17. The molecule has 1 aliphatic carbocycles. The molecule has 98 valence electrons. The van der Waals surface area contributed by atoms with Gasteiger partial charge in [-0.2, -0.15) is 0 Å². The van der Waals surface area contributed by atoms with Crippen molar-refractivity contribution in [2.75, 3.05) is 13.1 Å². The summed E-state index contributed by atoms with van der Waals surface area (Å²) in [5, 5.41) is 0. The molecule has 2 N–H and O–H groups in total. The number of rotatable bonds is 2. The number of hydrogen-bond donors (Lipinski definition) is 1. The Morgan fingerprint density at radius 1 is 1.28 bits per heavy atom. The lowest BCUT2D eigenvalue weighted by Gasteiger charge is -2.30. The maximum Gasteiger partial charge on any atom is 0.0321 e. The molecule has 1 saturated carbocycles. The van der Waals surface area contributed by atoms with E-state index in [9.17, 15) is 0 Å². The van der Waals surface area contributed by atoms with Crippen LogP contribution in [0.1, 0.15) is 37.8 Å². The van der Waals surface area contributed by atoms with Crippen LogP contribution in [0.2, 0.25) is 0 Å². The lowest BCUT2D eigenvalue weighted by atomic mass is 9.78. The molecule has 3 rings (SSSR count). The smallest absolute Gasteiger partial charge is 0.0321 e. The van der Waals surface area contributed by atoms with E-state index in [4.69, 9.17) is 5.73 Å². The average molecular weight is 245 g/mol. The fourth-order valence-corrected chi connectivity index (χ4v) is 3.72. The second-order valence-corrected chi connectivity index (χ2v) is 5.93. The van der Waals surface area contributed by atoms with Gasteiger partial charge in [-0.1, -0.05) is 6.42 Å². The minimum Gasteiger partial charge on any atom is -0.327 e. The Hall–Kier alpha value is -0.930. The fraction of sp³-hybridized carbons (Fsp3) is 0.667. The first kappa shape index (κ1) is 12.1. The number of fused-ring (bicyclic) bond motifs is 1. The van der Waals surface area contributed by atoms with Crippen molar-refractivity contribution in [3.8, 4) is 0 Å². The first-order chi connectivity index (χ1) is 8.75. The minimum absolute atomic E-state index is 0.429. The number of hydrogen-bond acceptors (Lipinski definition) is 3. The van der Waals surface area contributed by atoms with E-state index in [1.807, 2.05) is 12.4 Å². The maximum atomic E-state index is 6.28. The Labute approximate surface area is 109 Å². The molecule has 3 nitrogen and oxygen atoms in total. The van der Waals surface area contributed by atoms with Gasteiger partial charge in [0, 0.05) is 37.6 Å². The molecule has 4 atom stereocenters. The van der Waals surface area contributed by atoms with Crippen LogP contribution in [0.3, 0.4) is 0 Å². The normalized spacial score (nSPS) is 34.2. The van der Waals surface area contributed by atoms with E-state index >= 15 is 0 Å². The Bertz CT molecular complexity index is 392. The summed E-state index contributed by atoms with van der Waals surface area (Å²) in [6, 6.07) is 5.18. The van der Waals surface area contributed by atoms with Crippen molar-refractivity contribution in [1.82, 2.24) is 9.88 Å². The van der Waals surface area contributed by atoms with Crippen LogP contribution in [0.15, 0.2) is 24.5 Å². The molecule has 18 heavy (non-hydrogen) atoms. The summed E-state index contributed by atoms with van der Waals surface area (Å²) in [5.41, 5.74) is 7.66. The van der Waals surface area contributed by atoms with E-state index in [0.29, 0.717) is 12.1 Å². The predicted molar refractivity (Wildman–Crippen MR) is 73.0 cm³/mol. The molecular weight excluding hydrogens is 222 g/mol. The third-order valence-electron chi connectivity index (χ3n) is 4.92. The molecule has 1 saturated heterocycles. The number of nitrogens with two attached hydrogens (primary N) is 1. The Balaban J connectivity index is 1.71. The van der Waals surface area contributed by atoms with Crippen LogP contribution in [0.4, 0.5) is 0 Å². The Kier molecular flexibility index (Phi) is 3.35. The SMILES string of the molecule is CC(c1ccncc1)N1CC2CCCC(N)C2C1. The first-order valence-electron chi connectivity index (χ1n) is 7.15. The molecule has 2 fully saturated rings. The molecule has 0 bridgehead atoms. The van der Waals surface area contributed by atoms with Gasteiger partial charge in [0.2, 0.25) is 0 Å². The highest BCUT2D eigenvalue weighted by Gasteiger charge is 2.40. The molecule has 1 aromatic heterocycles. The minimum atomic E-state index is 0.429. The van der Waals surface area contributed by atoms with Crippen molar-refractivity contribution < 1.29 is 0 Å². The zero-order chi connectivity index (χ0) is 12.5. The molecule has 3 heteroatoms. The van der Waals surface area contributed by atoms with E-state index in [-0.39, 0.29) is 0 Å². The zero-order valence-corrected chi connectivity index (χ0v) is 11.1. The maximum absolute atomic E-state index is 6.28. The molecule has 4 unspecified atom stereocenters. The monoisotopic (exact) mass is 245 g/mol. The predicted octanol–water partition coefficient (Wildman–Crippen LogP) is 2.20. The highest BCUT2D eigenvalue weighted by Crippen LogP contribution is 2.38. The van der Waals surface area contributed by atoms with Gasteiger partial charge in [0.1, 0.15) is 0 Å². The number of nitrogens with zero attached hydrogens (tertiary/aromatic N) is 2. The van der Waals surface area contributed by atoms with Gasteiger partial charge in [0.05, 0.1) is 0 Å². The van der Waals surface area contributed by atoms with Gasteiger partial charge >= 0.3 is 0 Å². The van der Waals surface area contributed by atoms with Crippen molar-refractivity contribution in [3.63, 3.8) is 0 Å². The molecule has 1 aliphatic heterocycles. The molecule has 2 aliphatic rings. The molecular formula is C15H23N3. The number of aromatic nitrogens is 1. The summed E-state index contributed by atoms with van der Waals surface area (Å²) in [4.78, 5) is 6.71. The number of pyridine rings is 1. The average Bonchev–Trinajstić information content (AvgIpc) is 2.84. The highest BCUT2D eigenvalue weighted by molar-refractivity contribution is 5.15. The first-order valence-corrected chi connectivity index (χ1v) is 7.15. The van der Waals surface area contributed by atoms with Crippen molar-refractivity contribution >= 4 is 0 Å². The van der Waals surface area contributed by atoms with Crippen LogP contribution < -0.4 is 5.73 Å². The summed E-state index contributed by atoms with van der Waals surface area (Å²) in [6.07, 6.45) is 7.69. The van der Waals surface area contributed by atoms with Crippen molar-refractivity contribution in [3.05, 3.63) is 30.1 Å². The highest BCUT2D eigenvalue weighted by atomic mass is 15.2. The Morgan fingerprint density at radius 2 is 2.06 bits per heavy atom. The summed E-state index contributed by atoms with van der Waals surface area (Å²) < 4.78 is 0. The van der Waals surface area contributed by atoms with E-state index in [1.54, 1.807) is 0 Å². The third-order valence-corrected chi connectivity index (χ3v) is 4.92. The summed E-state index contributed by atoms with van der Waals surface area (Å²) in [5.74, 6) is 1.56. The van der Waals surface area contributed by atoms with E-state index in [2.05, 4.69) is 28.9 Å². The summed E-state index contributed by atoms with van der Waals surface area (Å²) >= 11 is 0. The van der Waals surface area contributed by atoms with Gasteiger partial charge in [-0.15, -0.1) is 0 Å². The largest absolute Gasteiger partial charge is 0.327 e. The Morgan fingerprint density at radius 3 is 2.78 bits per heavy atom. The van der Waals surface area contributed by atoms with Crippen LogP contribution in [0.5, 0.6) is 0 Å². The van der Waals surface area contributed by atoms with Crippen molar-refractivity contribution in [2.45, 2.75) is 38.3 Å². The van der Waals surface area contributed by atoms with Crippen LogP contribution in [0.25, 0.3) is 0 Å². The summed E-state index contributed by atoms with van der Waals surface area (Å²) in [7, 11) is 0. The van der Waals surface area contributed by atoms with E-state index in [0.717, 1.165) is 11.8 Å². The van der Waals surface area contributed by atoms with Gasteiger partial charge in [0.25, 0.3) is 0 Å². The van der Waals surface area contributed by atoms with Crippen LogP contribution in [-0.2, 0) is 0 Å². The lowest BCUT2D eigenvalue weighted by molar-refractivity contribution is 0.245. The molecule has 0 amide bonds. The van der Waals surface area contributed by atoms with Crippen molar-refractivity contribution in [2.24, 2.45) is 17.6 Å². The van der Waals surface area contributed by atoms with Crippen molar-refractivity contribution in [1.29, 1.82) is 0 Å². The van der Waals surface area contributed by atoms with Gasteiger partial charge in [-0.05, 0) is 49.3 Å². The van der Waals surface area contributed by atoms with Crippen LogP contribution in [-0.4, -0.2) is 29.0 Å². The van der Waals surface area contributed by atoms with Crippen LogP contribution in [0, 0.1) is 11.8 Å². The molecule has 2 heterocycles. The second kappa shape index (κ2) is 4.98. The van der Waals surface area contributed by atoms with Gasteiger partial charge in [-0.25, -0.2) is 0 Å². The number of likely N-dealkylation sites (tertiary alicyclic amines) is 1.